The summed E-state index contributed by atoms with van der Waals surface area (Å²) in [5.41, 5.74) is 9.17. The molecule has 0 bridgehead atoms. The van der Waals surface area contributed by atoms with Crippen molar-refractivity contribution in [3.05, 3.63) is 48.2 Å². The van der Waals surface area contributed by atoms with Gasteiger partial charge in [0.25, 0.3) is 0 Å². The van der Waals surface area contributed by atoms with E-state index in [1.165, 1.54) is 5.56 Å². The van der Waals surface area contributed by atoms with Crippen molar-refractivity contribution < 1.29 is 4.74 Å². The molecule has 3 rings (SSSR count). The Morgan fingerprint density at radius 2 is 1.84 bits per heavy atom. The molecule has 2 atom stereocenters. The van der Waals surface area contributed by atoms with E-state index in [-0.39, 0.29) is 12.4 Å². The molecule has 0 aliphatic heterocycles. The van der Waals surface area contributed by atoms with E-state index in [1.54, 1.807) is 7.11 Å². The maximum Gasteiger partial charge on any atom is 0.118 e. The molecule has 0 saturated heterocycles. The van der Waals surface area contributed by atoms with Gasteiger partial charge in [0.15, 0.2) is 0 Å². The first-order valence-electron chi connectivity index (χ1n) is 6.14. The van der Waals surface area contributed by atoms with E-state index in [2.05, 4.69) is 17.1 Å². The summed E-state index contributed by atoms with van der Waals surface area (Å²) in [6.45, 7) is 0. The van der Waals surface area contributed by atoms with Gasteiger partial charge in [-0.2, -0.15) is 0 Å². The Morgan fingerprint density at radius 3 is 2.32 bits per heavy atom. The van der Waals surface area contributed by atoms with Crippen LogP contribution >= 0.6 is 12.4 Å². The lowest BCUT2D eigenvalue weighted by Crippen LogP contribution is -2.01. The summed E-state index contributed by atoms with van der Waals surface area (Å²) >= 11 is 0. The van der Waals surface area contributed by atoms with Crippen molar-refractivity contribution in [2.45, 2.75) is 18.4 Å². The zero-order chi connectivity index (χ0) is 12.5. The minimum atomic E-state index is 0. The Bertz CT molecular complexity index is 539. The predicted octanol–water partition coefficient (Wildman–Crippen LogP) is 2.99. The molecule has 100 valence electrons. The number of nitrogens with two attached hydrogens (primary N) is 1. The van der Waals surface area contributed by atoms with Gasteiger partial charge in [-0.25, -0.2) is 0 Å². The number of benzene rings is 1. The first-order valence-corrected chi connectivity index (χ1v) is 6.14. The molecule has 1 aromatic heterocycles. The molecule has 1 fully saturated rings. The maximum absolute atomic E-state index is 5.84. The normalized spacial score (nSPS) is 20.5. The fourth-order valence-corrected chi connectivity index (χ4v) is 2.16. The van der Waals surface area contributed by atoms with Crippen LogP contribution in [-0.4, -0.2) is 18.1 Å². The monoisotopic (exact) mass is 276 g/mol. The molecule has 0 unspecified atom stereocenters. The van der Waals surface area contributed by atoms with Crippen molar-refractivity contribution in [1.82, 2.24) is 4.98 Å². The van der Waals surface area contributed by atoms with Gasteiger partial charge in [0.2, 0.25) is 0 Å². The Labute approximate surface area is 119 Å². The molecule has 2 N–H and O–H groups in total. The molecule has 1 aromatic carbocycles. The molecular formula is C15H17ClN2O. The number of halogens is 1. The average molecular weight is 277 g/mol. The van der Waals surface area contributed by atoms with Gasteiger partial charge in [-0.3, -0.25) is 4.98 Å². The number of ether oxygens (including phenoxy) is 1. The highest BCUT2D eigenvalue weighted by Gasteiger charge is 2.34. The van der Waals surface area contributed by atoms with Gasteiger partial charge in [-0.15, -0.1) is 12.4 Å². The third-order valence-electron chi connectivity index (χ3n) is 3.44. The summed E-state index contributed by atoms with van der Waals surface area (Å²) in [6, 6.07) is 12.4. The van der Waals surface area contributed by atoms with Crippen LogP contribution in [0.15, 0.2) is 42.6 Å². The van der Waals surface area contributed by atoms with Crippen molar-refractivity contribution in [3.8, 4) is 17.0 Å². The highest BCUT2D eigenvalue weighted by Crippen LogP contribution is 2.38. The molecule has 3 nitrogen and oxygen atoms in total. The van der Waals surface area contributed by atoms with E-state index in [9.17, 15) is 0 Å². The number of pyridine rings is 1. The second-order valence-corrected chi connectivity index (χ2v) is 4.71. The molecule has 4 heteroatoms. The topological polar surface area (TPSA) is 48.1 Å². The van der Waals surface area contributed by atoms with Crippen LogP contribution in [0.5, 0.6) is 5.75 Å². The zero-order valence-corrected chi connectivity index (χ0v) is 11.6. The van der Waals surface area contributed by atoms with E-state index in [0.29, 0.717) is 12.0 Å². The molecule has 0 spiro atoms. The molecule has 1 aliphatic carbocycles. The molecule has 1 saturated carbocycles. The van der Waals surface area contributed by atoms with Gasteiger partial charge < -0.3 is 10.5 Å². The molecule has 0 radical (unpaired) electrons. The van der Waals surface area contributed by atoms with E-state index in [1.807, 2.05) is 30.5 Å². The van der Waals surface area contributed by atoms with Gasteiger partial charge >= 0.3 is 0 Å². The lowest BCUT2D eigenvalue weighted by molar-refractivity contribution is 0.415. The molecule has 0 amide bonds. The van der Waals surface area contributed by atoms with Crippen LogP contribution in [0.25, 0.3) is 11.3 Å². The molecule has 2 aromatic rings. The van der Waals surface area contributed by atoms with Gasteiger partial charge in [-0.1, -0.05) is 6.07 Å². The third kappa shape index (κ3) is 2.88. The average Bonchev–Trinajstić information content (AvgIpc) is 3.16. The summed E-state index contributed by atoms with van der Waals surface area (Å²) in [7, 11) is 1.67. The van der Waals surface area contributed by atoms with Gasteiger partial charge in [0.05, 0.1) is 12.8 Å². The Morgan fingerprint density at radius 1 is 1.16 bits per heavy atom. The summed E-state index contributed by atoms with van der Waals surface area (Å²) in [5, 5.41) is 0. The van der Waals surface area contributed by atoms with Gasteiger partial charge in [-0.05, 0) is 42.3 Å². The van der Waals surface area contributed by atoms with Crippen LogP contribution in [0.4, 0.5) is 0 Å². The SMILES string of the molecule is COc1ccc(-c2ccc([C@@H]3C[C@H]3N)cn2)cc1.Cl. The minimum Gasteiger partial charge on any atom is -0.497 e. The Balaban J connectivity index is 0.00000133. The predicted molar refractivity (Wildman–Crippen MR) is 78.8 cm³/mol. The molecular weight excluding hydrogens is 260 g/mol. The second kappa shape index (κ2) is 5.59. The first kappa shape index (κ1) is 13.8. The van der Waals surface area contributed by atoms with E-state index in [4.69, 9.17) is 10.5 Å². The highest BCUT2D eigenvalue weighted by molar-refractivity contribution is 5.85. The summed E-state index contributed by atoms with van der Waals surface area (Å²) in [5.74, 6) is 1.38. The number of methoxy groups -OCH3 is 1. The smallest absolute Gasteiger partial charge is 0.118 e. The fraction of sp³-hybridized carbons (Fsp3) is 0.267. The number of hydrogen-bond acceptors (Lipinski definition) is 3. The Kier molecular flexibility index (Phi) is 4.08. The van der Waals surface area contributed by atoms with E-state index < -0.39 is 0 Å². The first-order chi connectivity index (χ1) is 8.78. The van der Waals surface area contributed by atoms with Crippen LogP contribution in [0, 0.1) is 0 Å². The quantitative estimate of drug-likeness (QED) is 0.937. The zero-order valence-electron chi connectivity index (χ0n) is 10.7. The lowest BCUT2D eigenvalue weighted by Gasteiger charge is -2.04. The second-order valence-electron chi connectivity index (χ2n) is 4.71. The van der Waals surface area contributed by atoms with Crippen LogP contribution in [0.2, 0.25) is 0 Å². The van der Waals surface area contributed by atoms with Crippen LogP contribution in [-0.2, 0) is 0 Å². The van der Waals surface area contributed by atoms with Crippen molar-refractivity contribution in [2.24, 2.45) is 5.73 Å². The third-order valence-corrected chi connectivity index (χ3v) is 3.44. The van der Waals surface area contributed by atoms with Crippen LogP contribution in [0.3, 0.4) is 0 Å². The summed E-state index contributed by atoms with van der Waals surface area (Å²) < 4.78 is 5.14. The van der Waals surface area contributed by atoms with Crippen molar-refractivity contribution in [2.75, 3.05) is 7.11 Å². The van der Waals surface area contributed by atoms with Crippen LogP contribution < -0.4 is 10.5 Å². The standard InChI is InChI=1S/C15H16N2O.ClH/c1-18-12-5-2-10(3-6-12)15-7-4-11(9-17-15)13-8-14(13)16;/h2-7,9,13-14H,8,16H2,1H3;1H/t13-,14+;/m0./s1. The fourth-order valence-electron chi connectivity index (χ4n) is 2.16. The van der Waals surface area contributed by atoms with Crippen molar-refractivity contribution in [1.29, 1.82) is 0 Å². The summed E-state index contributed by atoms with van der Waals surface area (Å²) in [4.78, 5) is 4.50. The molecule has 1 heterocycles. The van der Waals surface area contributed by atoms with Gasteiger partial charge in [0, 0.05) is 23.7 Å². The van der Waals surface area contributed by atoms with E-state index >= 15 is 0 Å². The summed E-state index contributed by atoms with van der Waals surface area (Å²) in [6.07, 6.45) is 3.03. The molecule has 1 aliphatic rings. The number of hydrogen-bond donors (Lipinski definition) is 1. The number of aromatic nitrogens is 1. The molecule has 19 heavy (non-hydrogen) atoms. The lowest BCUT2D eigenvalue weighted by atomic mass is 10.1. The van der Waals surface area contributed by atoms with Crippen LogP contribution in [0.1, 0.15) is 17.9 Å². The maximum atomic E-state index is 5.84. The Hall–Kier alpha value is -1.58. The number of rotatable bonds is 3. The largest absolute Gasteiger partial charge is 0.497 e. The minimum absolute atomic E-state index is 0. The van der Waals surface area contributed by atoms with Gasteiger partial charge in [0.1, 0.15) is 5.75 Å². The van der Waals surface area contributed by atoms with Crippen molar-refractivity contribution in [3.63, 3.8) is 0 Å². The highest BCUT2D eigenvalue weighted by atomic mass is 35.5. The van der Waals surface area contributed by atoms with Crippen molar-refractivity contribution >= 4 is 12.4 Å². The number of nitrogens with zero attached hydrogens (tertiary/aromatic N) is 1. The van der Waals surface area contributed by atoms with E-state index in [0.717, 1.165) is 23.4 Å².